The van der Waals surface area contributed by atoms with Crippen LogP contribution in [-0.4, -0.2) is 37.4 Å². The van der Waals surface area contributed by atoms with Crippen LogP contribution in [0.1, 0.15) is 0 Å². The number of hydrogen-bond acceptors (Lipinski definition) is 1. The van der Waals surface area contributed by atoms with Gasteiger partial charge in [0.1, 0.15) is 6.61 Å². The second-order valence-corrected chi connectivity index (χ2v) is 2.82. The van der Waals surface area contributed by atoms with E-state index >= 15 is 0 Å². The van der Waals surface area contributed by atoms with E-state index in [0.717, 1.165) is 0 Å². The maximum absolute atomic E-state index is 12.2. The summed E-state index contributed by atoms with van der Waals surface area (Å²) in [6.07, 6.45) is -21.1. The molecule has 1 nitrogen and oxygen atoms in total. The van der Waals surface area contributed by atoms with Crippen LogP contribution in [-0.2, 0) is 4.74 Å². The van der Waals surface area contributed by atoms with E-state index in [0.29, 0.717) is 0 Å². The molecule has 0 aliphatic heterocycles. The highest BCUT2D eigenvalue weighted by Gasteiger charge is 2.59. The fourth-order valence-corrected chi connectivity index (χ4v) is 0.519. The Morgan fingerprint density at radius 2 is 1.24 bits per heavy atom. The van der Waals surface area contributed by atoms with Crippen molar-refractivity contribution in [1.82, 2.24) is 0 Å². The van der Waals surface area contributed by atoms with Gasteiger partial charge in [0.15, 0.2) is 0 Å². The first kappa shape index (κ1) is 16.3. The molecule has 0 heterocycles. The van der Waals surface area contributed by atoms with E-state index in [1.165, 1.54) is 0 Å². The minimum absolute atomic E-state index is 2.59. The van der Waals surface area contributed by atoms with Crippen molar-refractivity contribution >= 4 is 0 Å². The predicted molar refractivity (Wildman–Crippen MR) is 32.8 cm³/mol. The Morgan fingerprint density at radius 1 is 0.824 bits per heavy atom. The van der Waals surface area contributed by atoms with Crippen LogP contribution in [0, 0.1) is 0 Å². The van der Waals surface area contributed by atoms with Crippen LogP contribution in [0.3, 0.4) is 0 Å². The molecule has 0 aromatic rings. The van der Waals surface area contributed by atoms with Gasteiger partial charge in [-0.25, -0.2) is 13.2 Å². The number of hydrogen-bond donors (Lipinski definition) is 0. The Labute approximate surface area is 87.3 Å². The van der Waals surface area contributed by atoms with Crippen LogP contribution < -0.4 is 0 Å². The highest BCUT2D eigenvalue weighted by atomic mass is 19.4. The summed E-state index contributed by atoms with van der Waals surface area (Å²) in [4.78, 5) is 0. The molecule has 17 heavy (non-hydrogen) atoms. The SMILES string of the molecule is FC(F)C(F)(F)COC(F)(F)[C@H](F)C(F)(F)F. The number of halogens is 10. The summed E-state index contributed by atoms with van der Waals surface area (Å²) in [6.45, 7) is -2.74. The van der Waals surface area contributed by atoms with Gasteiger partial charge < -0.3 is 4.74 Å². The Bertz CT molecular complexity index is 246. The maximum atomic E-state index is 12.2. The van der Waals surface area contributed by atoms with Crippen molar-refractivity contribution in [3.8, 4) is 0 Å². The zero-order valence-electron chi connectivity index (χ0n) is 7.55. The molecule has 0 saturated heterocycles. The molecular formula is C6H4F10O. The van der Waals surface area contributed by atoms with Gasteiger partial charge in [0.25, 0.3) is 6.17 Å². The van der Waals surface area contributed by atoms with Crippen LogP contribution in [0.15, 0.2) is 0 Å². The van der Waals surface area contributed by atoms with Gasteiger partial charge in [-0.3, -0.25) is 0 Å². The first-order chi connectivity index (χ1) is 7.31. The zero-order chi connectivity index (χ0) is 14.1. The van der Waals surface area contributed by atoms with Crippen molar-refractivity contribution in [2.24, 2.45) is 0 Å². The lowest BCUT2D eigenvalue weighted by atomic mass is 10.3. The van der Waals surface area contributed by atoms with Crippen LogP contribution in [0.4, 0.5) is 43.9 Å². The van der Waals surface area contributed by atoms with E-state index in [-0.39, 0.29) is 0 Å². The normalized spacial score (nSPS) is 16.4. The molecule has 0 fully saturated rings. The summed E-state index contributed by atoms with van der Waals surface area (Å²) in [5, 5.41) is 0. The second-order valence-electron chi connectivity index (χ2n) is 2.82. The Morgan fingerprint density at radius 3 is 1.53 bits per heavy atom. The molecule has 104 valence electrons. The topological polar surface area (TPSA) is 9.23 Å². The van der Waals surface area contributed by atoms with Crippen LogP contribution in [0.25, 0.3) is 0 Å². The molecule has 1 atom stereocenters. The molecule has 0 rings (SSSR count). The van der Waals surface area contributed by atoms with E-state index in [4.69, 9.17) is 0 Å². The van der Waals surface area contributed by atoms with Crippen molar-refractivity contribution in [1.29, 1.82) is 0 Å². The molecule has 0 unspecified atom stereocenters. The molecule has 0 N–H and O–H groups in total. The second kappa shape index (κ2) is 4.86. The van der Waals surface area contributed by atoms with Crippen LogP contribution in [0.5, 0.6) is 0 Å². The van der Waals surface area contributed by atoms with Crippen molar-refractivity contribution < 1.29 is 48.6 Å². The van der Waals surface area contributed by atoms with Crippen molar-refractivity contribution in [2.45, 2.75) is 30.8 Å². The summed E-state index contributed by atoms with van der Waals surface area (Å²) in [5.74, 6) is -5.10. The van der Waals surface area contributed by atoms with Gasteiger partial charge in [0, 0.05) is 0 Å². The van der Waals surface area contributed by atoms with E-state index in [1.54, 1.807) is 0 Å². The molecule has 0 aromatic carbocycles. The number of ether oxygens (including phenoxy) is 1. The molecule has 0 bridgehead atoms. The van der Waals surface area contributed by atoms with Crippen LogP contribution in [0.2, 0.25) is 0 Å². The zero-order valence-corrected chi connectivity index (χ0v) is 7.55. The highest BCUT2D eigenvalue weighted by molar-refractivity contribution is 4.77. The van der Waals surface area contributed by atoms with Crippen molar-refractivity contribution in [3.05, 3.63) is 0 Å². The largest absolute Gasteiger partial charge is 0.428 e. The van der Waals surface area contributed by atoms with Crippen molar-refractivity contribution in [3.63, 3.8) is 0 Å². The lowest BCUT2D eigenvalue weighted by Crippen LogP contribution is -2.46. The van der Waals surface area contributed by atoms with Crippen LogP contribution >= 0.6 is 0 Å². The average Bonchev–Trinajstić information content (AvgIpc) is 2.12. The fourth-order valence-electron chi connectivity index (χ4n) is 0.519. The Kier molecular flexibility index (Phi) is 4.65. The van der Waals surface area contributed by atoms with Gasteiger partial charge in [0.2, 0.25) is 0 Å². The molecule has 0 aliphatic carbocycles. The number of alkyl halides is 10. The summed E-state index contributed by atoms with van der Waals surface area (Å²) >= 11 is 0. The summed E-state index contributed by atoms with van der Waals surface area (Å²) in [6, 6.07) is 0. The minimum atomic E-state index is -6.07. The molecule has 0 spiro atoms. The van der Waals surface area contributed by atoms with E-state index in [2.05, 4.69) is 4.74 Å². The molecular weight excluding hydrogens is 278 g/mol. The fraction of sp³-hybridized carbons (Fsp3) is 1.00. The molecule has 0 amide bonds. The van der Waals surface area contributed by atoms with E-state index in [9.17, 15) is 43.9 Å². The Balaban J connectivity index is 4.58. The van der Waals surface area contributed by atoms with E-state index < -0.39 is 37.4 Å². The first-order valence-electron chi connectivity index (χ1n) is 3.69. The maximum Gasteiger partial charge on any atom is 0.428 e. The molecule has 0 saturated carbocycles. The molecule has 0 radical (unpaired) electrons. The van der Waals surface area contributed by atoms with Gasteiger partial charge in [0.05, 0.1) is 0 Å². The smallest absolute Gasteiger partial charge is 0.311 e. The third kappa shape index (κ3) is 4.56. The predicted octanol–water partition coefficient (Wildman–Crippen LogP) is 3.40. The van der Waals surface area contributed by atoms with E-state index in [1.807, 2.05) is 0 Å². The standard InChI is InChI=1S/C6H4F10O/c7-2(5(12,13)14)6(15,16)17-1-4(10,11)3(8)9/h2-3H,1H2/t2-/m1/s1. The monoisotopic (exact) mass is 282 g/mol. The summed E-state index contributed by atoms with van der Waals surface area (Å²) in [5.41, 5.74) is 0. The van der Waals surface area contributed by atoms with Gasteiger partial charge in [-0.1, -0.05) is 0 Å². The van der Waals surface area contributed by atoms with Crippen molar-refractivity contribution in [2.75, 3.05) is 6.61 Å². The summed E-state index contributed by atoms with van der Waals surface area (Å²) < 4.78 is 120. The van der Waals surface area contributed by atoms with Gasteiger partial charge in [-0.05, 0) is 0 Å². The minimum Gasteiger partial charge on any atom is -0.311 e. The summed E-state index contributed by atoms with van der Waals surface area (Å²) in [7, 11) is 0. The lowest BCUT2D eigenvalue weighted by molar-refractivity contribution is -0.351. The lowest BCUT2D eigenvalue weighted by Gasteiger charge is -2.24. The van der Waals surface area contributed by atoms with Gasteiger partial charge >= 0.3 is 24.6 Å². The van der Waals surface area contributed by atoms with Gasteiger partial charge in [-0.15, -0.1) is 0 Å². The Hall–Kier alpha value is -0.740. The number of rotatable bonds is 5. The van der Waals surface area contributed by atoms with Gasteiger partial charge in [-0.2, -0.15) is 30.7 Å². The molecule has 0 aliphatic rings. The average molecular weight is 282 g/mol. The third-order valence-electron chi connectivity index (χ3n) is 1.36. The third-order valence-corrected chi connectivity index (χ3v) is 1.36. The molecule has 11 heteroatoms. The highest BCUT2D eigenvalue weighted by Crippen LogP contribution is 2.37. The molecule has 0 aromatic heterocycles. The quantitative estimate of drug-likeness (QED) is 0.702. The first-order valence-corrected chi connectivity index (χ1v) is 3.69.